The van der Waals surface area contributed by atoms with Gasteiger partial charge in [0.25, 0.3) is 0 Å². The minimum absolute atomic E-state index is 0.332. The van der Waals surface area contributed by atoms with E-state index < -0.39 is 0 Å². The minimum Gasteiger partial charge on any atom is -0.378 e. The molecular formula is C28H34N2O. The topological polar surface area (TPSA) is 56.8 Å². The van der Waals surface area contributed by atoms with Crippen molar-refractivity contribution in [2.24, 2.45) is 0 Å². The second-order valence-electron chi connectivity index (χ2n) is 8.67. The van der Waals surface area contributed by atoms with Crippen molar-refractivity contribution in [2.75, 3.05) is 6.61 Å². The van der Waals surface area contributed by atoms with E-state index in [9.17, 15) is 10.5 Å². The van der Waals surface area contributed by atoms with Gasteiger partial charge in [-0.3, -0.25) is 0 Å². The lowest BCUT2D eigenvalue weighted by atomic mass is 9.79. The van der Waals surface area contributed by atoms with Crippen LogP contribution in [0.4, 0.5) is 0 Å². The number of nitrogens with zero attached hydrogens (tertiary/aromatic N) is 2. The van der Waals surface area contributed by atoms with E-state index >= 15 is 0 Å². The third-order valence-corrected chi connectivity index (χ3v) is 6.47. The molecule has 0 aliphatic heterocycles. The standard InChI is InChI=1S/C28H34N2O/c1-3-5-6-7-21-8-10-22(11-9-21)25-16-17-26(28(20-30)27(25)19-29)23-12-14-24(15-13-23)31-18-4-2/h8-11,16-17,23-24H,3-7,12-15,18H2,1-2H3/t23-,24-. The highest BCUT2D eigenvalue weighted by Crippen LogP contribution is 2.38. The first-order valence-corrected chi connectivity index (χ1v) is 11.9. The fourth-order valence-electron chi connectivity index (χ4n) is 4.69. The van der Waals surface area contributed by atoms with E-state index in [0.29, 0.717) is 23.1 Å². The summed E-state index contributed by atoms with van der Waals surface area (Å²) < 4.78 is 5.92. The molecule has 3 nitrogen and oxygen atoms in total. The first kappa shape index (κ1) is 23.1. The largest absolute Gasteiger partial charge is 0.378 e. The van der Waals surface area contributed by atoms with Crippen molar-refractivity contribution in [1.29, 1.82) is 10.5 Å². The number of aryl methyl sites for hydroxylation is 1. The van der Waals surface area contributed by atoms with Crippen molar-refractivity contribution >= 4 is 0 Å². The van der Waals surface area contributed by atoms with E-state index in [0.717, 1.165) is 61.8 Å². The average molecular weight is 415 g/mol. The molecule has 162 valence electrons. The van der Waals surface area contributed by atoms with Crippen LogP contribution in [0.1, 0.15) is 93.4 Å². The van der Waals surface area contributed by atoms with Gasteiger partial charge >= 0.3 is 0 Å². The molecular weight excluding hydrogens is 380 g/mol. The number of hydrogen-bond acceptors (Lipinski definition) is 3. The van der Waals surface area contributed by atoms with E-state index in [2.05, 4.69) is 56.3 Å². The Hall–Kier alpha value is -2.62. The Bertz CT molecular complexity index is 925. The van der Waals surface area contributed by atoms with Crippen LogP contribution in [0.5, 0.6) is 0 Å². The van der Waals surface area contributed by atoms with Gasteiger partial charge in [-0.25, -0.2) is 0 Å². The van der Waals surface area contributed by atoms with Crippen LogP contribution in [0, 0.1) is 22.7 Å². The Kier molecular flexibility index (Phi) is 8.69. The summed E-state index contributed by atoms with van der Waals surface area (Å²) in [5, 5.41) is 19.9. The third-order valence-electron chi connectivity index (χ3n) is 6.47. The molecule has 0 radical (unpaired) electrons. The lowest BCUT2D eigenvalue weighted by Gasteiger charge is -2.29. The molecule has 0 N–H and O–H groups in total. The number of unbranched alkanes of at least 4 members (excludes halogenated alkanes) is 2. The molecule has 0 unspecified atom stereocenters. The first-order valence-electron chi connectivity index (χ1n) is 11.9. The Morgan fingerprint density at radius 3 is 2.16 bits per heavy atom. The molecule has 1 fully saturated rings. The van der Waals surface area contributed by atoms with Crippen molar-refractivity contribution in [1.82, 2.24) is 0 Å². The molecule has 2 aromatic rings. The highest BCUT2D eigenvalue weighted by Gasteiger charge is 2.26. The van der Waals surface area contributed by atoms with Crippen molar-refractivity contribution in [3.05, 3.63) is 58.7 Å². The Balaban J connectivity index is 1.80. The maximum atomic E-state index is 9.94. The molecule has 0 spiro atoms. The Morgan fingerprint density at radius 1 is 0.839 bits per heavy atom. The fraction of sp³-hybridized carbons (Fsp3) is 0.500. The summed E-state index contributed by atoms with van der Waals surface area (Å²) in [6.45, 7) is 5.17. The van der Waals surface area contributed by atoms with Gasteiger partial charge in [0.05, 0.1) is 17.2 Å². The lowest BCUT2D eigenvalue weighted by molar-refractivity contribution is 0.0251. The zero-order chi connectivity index (χ0) is 22.1. The van der Waals surface area contributed by atoms with Crippen molar-refractivity contribution in [2.45, 2.75) is 83.7 Å². The summed E-state index contributed by atoms with van der Waals surface area (Å²) in [6.07, 6.45) is 10.2. The lowest BCUT2D eigenvalue weighted by Crippen LogP contribution is -2.21. The second kappa shape index (κ2) is 11.7. The smallest absolute Gasteiger partial charge is 0.101 e. The zero-order valence-electron chi connectivity index (χ0n) is 19.0. The van der Waals surface area contributed by atoms with Crippen LogP contribution >= 0.6 is 0 Å². The molecule has 1 aliphatic carbocycles. The molecule has 3 heteroatoms. The number of benzene rings is 2. The van der Waals surface area contributed by atoms with Crippen LogP contribution in [-0.2, 0) is 11.2 Å². The number of hydrogen-bond donors (Lipinski definition) is 0. The maximum Gasteiger partial charge on any atom is 0.101 e. The normalized spacial score (nSPS) is 18.3. The Labute approximate surface area is 187 Å². The summed E-state index contributed by atoms with van der Waals surface area (Å²) in [5.74, 6) is 0.332. The first-order chi connectivity index (χ1) is 15.2. The molecule has 1 saturated carbocycles. The second-order valence-corrected chi connectivity index (χ2v) is 8.67. The van der Waals surface area contributed by atoms with Crippen LogP contribution in [0.3, 0.4) is 0 Å². The van der Waals surface area contributed by atoms with Crippen molar-refractivity contribution in [3.63, 3.8) is 0 Å². The van der Waals surface area contributed by atoms with Gasteiger partial charge in [-0.1, -0.05) is 63.1 Å². The van der Waals surface area contributed by atoms with Crippen LogP contribution in [-0.4, -0.2) is 12.7 Å². The molecule has 0 atom stereocenters. The highest BCUT2D eigenvalue weighted by atomic mass is 16.5. The van der Waals surface area contributed by atoms with Gasteiger partial charge in [-0.15, -0.1) is 0 Å². The van der Waals surface area contributed by atoms with Gasteiger partial charge in [0.1, 0.15) is 12.1 Å². The third kappa shape index (κ3) is 5.75. The fourth-order valence-corrected chi connectivity index (χ4v) is 4.69. The van der Waals surface area contributed by atoms with Crippen molar-refractivity contribution < 1.29 is 4.74 Å². The Morgan fingerprint density at radius 2 is 1.55 bits per heavy atom. The zero-order valence-corrected chi connectivity index (χ0v) is 19.0. The summed E-state index contributed by atoms with van der Waals surface area (Å²) in [7, 11) is 0. The van der Waals surface area contributed by atoms with Gasteiger partial charge in [0.2, 0.25) is 0 Å². The molecule has 0 aromatic heterocycles. The summed E-state index contributed by atoms with van der Waals surface area (Å²) in [4.78, 5) is 0. The predicted octanol–water partition coefficient (Wildman–Crippen LogP) is 7.28. The minimum atomic E-state index is 0.332. The monoisotopic (exact) mass is 414 g/mol. The summed E-state index contributed by atoms with van der Waals surface area (Å²) >= 11 is 0. The number of rotatable bonds is 9. The molecule has 0 amide bonds. The van der Waals surface area contributed by atoms with Crippen molar-refractivity contribution in [3.8, 4) is 23.3 Å². The molecule has 3 rings (SSSR count). The van der Waals surface area contributed by atoms with Gasteiger partial charge in [-0.2, -0.15) is 10.5 Å². The van der Waals surface area contributed by atoms with E-state index in [4.69, 9.17) is 4.74 Å². The molecule has 2 aromatic carbocycles. The van der Waals surface area contributed by atoms with Gasteiger partial charge in [0, 0.05) is 12.2 Å². The van der Waals surface area contributed by atoms with Crippen LogP contribution in [0.2, 0.25) is 0 Å². The van der Waals surface area contributed by atoms with E-state index in [1.807, 2.05) is 6.07 Å². The van der Waals surface area contributed by atoms with Crippen LogP contribution < -0.4 is 0 Å². The molecule has 0 saturated heterocycles. The predicted molar refractivity (Wildman–Crippen MR) is 126 cm³/mol. The summed E-state index contributed by atoms with van der Waals surface area (Å²) in [6, 6.07) is 17.3. The van der Waals surface area contributed by atoms with E-state index in [1.165, 1.54) is 24.8 Å². The van der Waals surface area contributed by atoms with Gasteiger partial charge < -0.3 is 4.74 Å². The SMILES string of the molecule is CCCCCc1ccc(-c2ccc([C@H]3CC[C@H](OCCC)CC3)c(C#N)c2C#N)cc1. The molecule has 0 bridgehead atoms. The maximum absolute atomic E-state index is 9.94. The molecule has 31 heavy (non-hydrogen) atoms. The molecule has 0 heterocycles. The van der Waals surface area contributed by atoms with Gasteiger partial charge in [-0.05, 0) is 67.6 Å². The van der Waals surface area contributed by atoms with Gasteiger partial charge in [0.15, 0.2) is 0 Å². The number of ether oxygens (including phenoxy) is 1. The molecule has 1 aliphatic rings. The van der Waals surface area contributed by atoms with Crippen LogP contribution in [0.25, 0.3) is 11.1 Å². The van der Waals surface area contributed by atoms with Crippen LogP contribution in [0.15, 0.2) is 36.4 Å². The average Bonchev–Trinajstić information content (AvgIpc) is 2.82. The highest BCUT2D eigenvalue weighted by molar-refractivity contribution is 5.75. The van der Waals surface area contributed by atoms with E-state index in [1.54, 1.807) is 0 Å². The number of nitriles is 2. The van der Waals surface area contributed by atoms with E-state index in [-0.39, 0.29) is 0 Å². The summed E-state index contributed by atoms with van der Waals surface area (Å²) in [5.41, 5.74) is 5.31. The quantitative estimate of drug-likeness (QED) is 0.405.